The molecule has 0 amide bonds. The summed E-state index contributed by atoms with van der Waals surface area (Å²) in [6.45, 7) is 3.82. The maximum Gasteiger partial charge on any atom is 0.116 e. The first-order valence-corrected chi connectivity index (χ1v) is 4.12. The summed E-state index contributed by atoms with van der Waals surface area (Å²) in [5.74, 6) is 0.315. The van der Waals surface area contributed by atoms with Crippen LogP contribution in [0.3, 0.4) is 0 Å². The highest BCUT2D eigenvalue weighted by Gasteiger charge is 1.97. The minimum Gasteiger partial charge on any atom is -0.508 e. The molecule has 0 saturated heterocycles. The lowest BCUT2D eigenvalue weighted by molar-refractivity contribution is 0.476. The monoisotopic (exact) mass is 163 g/mol. The van der Waals surface area contributed by atoms with Crippen molar-refractivity contribution < 1.29 is 5.11 Å². The topological polar surface area (TPSA) is 20.2 Å². The van der Waals surface area contributed by atoms with E-state index in [1.165, 1.54) is 4.70 Å². The summed E-state index contributed by atoms with van der Waals surface area (Å²) in [5, 5.41) is 10.2. The van der Waals surface area contributed by atoms with Crippen LogP contribution in [0, 0.1) is 6.92 Å². The van der Waals surface area contributed by atoms with Crippen LogP contribution in [-0.2, 0) is 0 Å². The van der Waals surface area contributed by atoms with E-state index >= 15 is 0 Å². The van der Waals surface area contributed by atoms with Crippen LogP contribution in [0.15, 0.2) is 24.3 Å². The lowest BCUT2D eigenvalue weighted by Gasteiger charge is -1.89. The highest BCUT2D eigenvalue weighted by Crippen LogP contribution is 2.27. The molecule has 0 spiro atoms. The van der Waals surface area contributed by atoms with Crippen LogP contribution >= 0.6 is 11.3 Å². The van der Waals surface area contributed by atoms with Gasteiger partial charge in [0.2, 0.25) is 0 Å². The number of phenols is 1. The molecule has 1 nitrogen and oxygen atoms in total. The van der Waals surface area contributed by atoms with E-state index < -0.39 is 0 Å². The van der Waals surface area contributed by atoms with Crippen LogP contribution in [0.1, 0.15) is 4.88 Å². The SMILES string of the molecule is [CH2]c1cc2cc(O)ccc2s1. The van der Waals surface area contributed by atoms with Crippen LogP contribution in [-0.4, -0.2) is 5.11 Å². The van der Waals surface area contributed by atoms with Crippen molar-refractivity contribution in [2.45, 2.75) is 0 Å². The number of phenolic OH excluding ortho intramolecular Hbond substituents is 1. The van der Waals surface area contributed by atoms with Gasteiger partial charge in [-0.2, -0.15) is 0 Å². The fourth-order valence-corrected chi connectivity index (χ4v) is 1.93. The molecule has 0 fully saturated rings. The molecule has 2 rings (SSSR count). The minimum atomic E-state index is 0.315. The summed E-state index contributed by atoms with van der Waals surface area (Å²) in [6, 6.07) is 7.32. The van der Waals surface area contributed by atoms with Crippen molar-refractivity contribution in [2.24, 2.45) is 0 Å². The average molecular weight is 163 g/mol. The molecule has 0 aliphatic carbocycles. The third-order valence-electron chi connectivity index (χ3n) is 1.55. The molecule has 0 saturated carbocycles. The van der Waals surface area contributed by atoms with Crippen molar-refractivity contribution in [3.8, 4) is 5.75 Å². The van der Waals surface area contributed by atoms with Crippen molar-refractivity contribution >= 4 is 21.4 Å². The lowest BCUT2D eigenvalue weighted by atomic mass is 10.2. The van der Waals surface area contributed by atoms with Crippen LogP contribution in [0.2, 0.25) is 0 Å². The fraction of sp³-hybridized carbons (Fsp3) is 0. The van der Waals surface area contributed by atoms with E-state index in [1.54, 1.807) is 23.5 Å². The summed E-state index contributed by atoms with van der Waals surface area (Å²) < 4.78 is 1.17. The van der Waals surface area contributed by atoms with Crippen LogP contribution in [0.25, 0.3) is 10.1 Å². The number of rotatable bonds is 0. The van der Waals surface area contributed by atoms with Gasteiger partial charge in [0.25, 0.3) is 0 Å². The van der Waals surface area contributed by atoms with E-state index in [9.17, 15) is 0 Å². The largest absolute Gasteiger partial charge is 0.508 e. The molecule has 0 atom stereocenters. The standard InChI is InChI=1S/C9H7OS/c1-6-4-7-5-8(10)2-3-9(7)11-6/h2-5,10H,1H2. The predicted octanol–water partition coefficient (Wildman–Crippen LogP) is 2.79. The number of aromatic hydroxyl groups is 1. The summed E-state index contributed by atoms with van der Waals surface area (Å²) in [7, 11) is 0. The zero-order chi connectivity index (χ0) is 7.84. The Morgan fingerprint density at radius 1 is 1.27 bits per heavy atom. The molecular weight excluding hydrogens is 156 g/mol. The lowest BCUT2D eigenvalue weighted by Crippen LogP contribution is -1.62. The molecule has 1 radical (unpaired) electrons. The Morgan fingerprint density at radius 2 is 2.09 bits per heavy atom. The number of benzene rings is 1. The van der Waals surface area contributed by atoms with Crippen molar-refractivity contribution in [1.29, 1.82) is 0 Å². The Balaban J connectivity index is 2.82. The molecule has 0 aliphatic rings. The summed E-state index contributed by atoms with van der Waals surface area (Å²) in [4.78, 5) is 1.03. The Morgan fingerprint density at radius 3 is 2.91 bits per heavy atom. The molecule has 0 aliphatic heterocycles. The van der Waals surface area contributed by atoms with E-state index in [4.69, 9.17) is 5.11 Å². The maximum atomic E-state index is 9.12. The van der Waals surface area contributed by atoms with Crippen molar-refractivity contribution in [3.05, 3.63) is 36.1 Å². The number of hydrogen-bond donors (Lipinski definition) is 1. The minimum absolute atomic E-state index is 0.315. The van der Waals surface area contributed by atoms with Gasteiger partial charge in [-0.15, -0.1) is 11.3 Å². The summed E-state index contributed by atoms with van der Waals surface area (Å²) in [5.41, 5.74) is 0. The first-order chi connectivity index (χ1) is 5.25. The molecule has 1 aromatic heterocycles. The van der Waals surface area contributed by atoms with Crippen molar-refractivity contribution in [3.63, 3.8) is 0 Å². The Bertz CT molecular complexity index is 389. The third kappa shape index (κ3) is 1.10. The third-order valence-corrected chi connectivity index (χ3v) is 2.52. The van der Waals surface area contributed by atoms with Gasteiger partial charge in [-0.3, -0.25) is 0 Å². The zero-order valence-electron chi connectivity index (χ0n) is 5.87. The summed E-state index contributed by atoms with van der Waals surface area (Å²) >= 11 is 1.64. The average Bonchev–Trinajstić information content (AvgIpc) is 2.27. The molecule has 55 valence electrons. The van der Waals surface area contributed by atoms with Gasteiger partial charge in [-0.05, 0) is 36.6 Å². The number of fused-ring (bicyclic) bond motifs is 1. The molecule has 2 aromatic rings. The van der Waals surface area contributed by atoms with Gasteiger partial charge in [0.1, 0.15) is 5.75 Å². The second kappa shape index (κ2) is 2.24. The van der Waals surface area contributed by atoms with Gasteiger partial charge >= 0.3 is 0 Å². The molecule has 1 aromatic carbocycles. The van der Waals surface area contributed by atoms with Gasteiger partial charge in [-0.1, -0.05) is 0 Å². The normalized spacial score (nSPS) is 10.6. The van der Waals surface area contributed by atoms with Crippen LogP contribution in [0.4, 0.5) is 0 Å². The number of thiophene rings is 1. The Kier molecular flexibility index (Phi) is 1.36. The molecule has 2 heteroatoms. The second-order valence-electron chi connectivity index (χ2n) is 2.43. The first-order valence-electron chi connectivity index (χ1n) is 3.30. The van der Waals surface area contributed by atoms with Gasteiger partial charge in [0.15, 0.2) is 0 Å². The van der Waals surface area contributed by atoms with Gasteiger partial charge in [0, 0.05) is 9.58 Å². The van der Waals surface area contributed by atoms with Gasteiger partial charge in [0.05, 0.1) is 0 Å². The summed E-state index contributed by atoms with van der Waals surface area (Å²) in [6.07, 6.45) is 0. The fourth-order valence-electron chi connectivity index (χ4n) is 1.09. The van der Waals surface area contributed by atoms with Gasteiger partial charge in [-0.25, -0.2) is 0 Å². The van der Waals surface area contributed by atoms with Gasteiger partial charge < -0.3 is 5.11 Å². The molecule has 1 heterocycles. The van der Waals surface area contributed by atoms with E-state index in [-0.39, 0.29) is 0 Å². The van der Waals surface area contributed by atoms with E-state index in [1.807, 2.05) is 12.1 Å². The highest BCUT2D eigenvalue weighted by molar-refractivity contribution is 7.19. The molecule has 11 heavy (non-hydrogen) atoms. The van der Waals surface area contributed by atoms with E-state index in [2.05, 4.69) is 6.92 Å². The highest BCUT2D eigenvalue weighted by atomic mass is 32.1. The smallest absolute Gasteiger partial charge is 0.116 e. The van der Waals surface area contributed by atoms with Crippen LogP contribution in [0.5, 0.6) is 5.75 Å². The quantitative estimate of drug-likeness (QED) is 0.633. The Labute approximate surface area is 68.9 Å². The number of hydrogen-bond acceptors (Lipinski definition) is 2. The molecular formula is C9H7OS. The van der Waals surface area contributed by atoms with Crippen LogP contribution < -0.4 is 0 Å². The molecule has 1 N–H and O–H groups in total. The maximum absolute atomic E-state index is 9.12. The zero-order valence-corrected chi connectivity index (χ0v) is 6.69. The van der Waals surface area contributed by atoms with Crippen molar-refractivity contribution in [2.75, 3.05) is 0 Å². The second-order valence-corrected chi connectivity index (χ2v) is 3.60. The molecule has 0 unspecified atom stereocenters. The van der Waals surface area contributed by atoms with E-state index in [0.29, 0.717) is 5.75 Å². The molecule has 0 bridgehead atoms. The van der Waals surface area contributed by atoms with E-state index in [0.717, 1.165) is 10.3 Å². The van der Waals surface area contributed by atoms with Crippen molar-refractivity contribution in [1.82, 2.24) is 0 Å². The predicted molar refractivity (Wildman–Crippen MR) is 47.9 cm³/mol. The Hall–Kier alpha value is -1.02. The first kappa shape index (κ1) is 6.68.